The van der Waals surface area contributed by atoms with Crippen molar-refractivity contribution in [2.45, 2.75) is 6.04 Å². The van der Waals surface area contributed by atoms with E-state index in [1.807, 2.05) is 6.07 Å². The van der Waals surface area contributed by atoms with Crippen LogP contribution in [0.15, 0.2) is 16.7 Å². The summed E-state index contributed by atoms with van der Waals surface area (Å²) in [7, 11) is 0. The van der Waals surface area contributed by atoms with Gasteiger partial charge in [-0.3, -0.25) is 0 Å². The Balaban J connectivity index is 1.97. The molecule has 2 aliphatic rings. The Labute approximate surface area is 76.5 Å². The third-order valence-corrected chi connectivity index (χ3v) is 2.66. The van der Waals surface area contributed by atoms with E-state index in [1.165, 1.54) is 0 Å². The van der Waals surface area contributed by atoms with Crippen molar-refractivity contribution in [3.05, 3.63) is 12.3 Å². The molecule has 13 heavy (non-hydrogen) atoms. The first kappa shape index (κ1) is 7.26. The molecule has 1 fully saturated rings. The lowest BCUT2D eigenvalue weighted by Gasteiger charge is -2.39. The Morgan fingerprint density at radius 3 is 3.54 bits per heavy atom. The molecule has 1 aromatic heterocycles. The number of nitrogens with zero attached hydrogens (tertiary/aromatic N) is 1. The quantitative estimate of drug-likeness (QED) is 0.644. The summed E-state index contributed by atoms with van der Waals surface area (Å²) in [5.74, 6) is 0.972. The molecule has 3 rings (SSSR count). The van der Waals surface area contributed by atoms with Crippen LogP contribution in [0, 0.1) is 0 Å². The van der Waals surface area contributed by atoms with Gasteiger partial charge in [0, 0.05) is 19.2 Å². The average Bonchev–Trinajstić information content (AvgIpc) is 2.65. The summed E-state index contributed by atoms with van der Waals surface area (Å²) in [4.78, 5) is 2.29. The zero-order valence-electron chi connectivity index (χ0n) is 7.32. The van der Waals surface area contributed by atoms with Crippen LogP contribution in [0.5, 0.6) is 0 Å². The molecule has 0 bridgehead atoms. The zero-order chi connectivity index (χ0) is 8.67. The third kappa shape index (κ3) is 1.02. The van der Waals surface area contributed by atoms with E-state index < -0.39 is 0 Å². The molecule has 4 heteroatoms. The molecule has 2 aliphatic heterocycles. The normalized spacial score (nSPS) is 26.2. The molecule has 70 valence electrons. The maximum Gasteiger partial charge on any atom is 0.219 e. The fourth-order valence-electron chi connectivity index (χ4n) is 1.98. The van der Waals surface area contributed by atoms with Gasteiger partial charge >= 0.3 is 0 Å². The molecule has 1 aromatic rings. The molecule has 4 nitrogen and oxygen atoms in total. The Kier molecular flexibility index (Phi) is 1.49. The van der Waals surface area contributed by atoms with E-state index in [0.29, 0.717) is 6.04 Å². The standard InChI is InChI=1S/C9H12N2O2/c1-3-13-9-8(1)10-5-7-6-12-4-2-11(7)9/h1,3,7,10H,2,4-6H2. The molecule has 1 unspecified atom stereocenters. The maximum atomic E-state index is 5.43. The number of ether oxygens (including phenoxy) is 1. The number of hydrogen-bond donors (Lipinski definition) is 1. The Bertz CT molecular complexity index is 310. The van der Waals surface area contributed by atoms with Gasteiger partial charge in [-0.1, -0.05) is 0 Å². The summed E-state index contributed by atoms with van der Waals surface area (Å²) < 4.78 is 10.8. The summed E-state index contributed by atoms with van der Waals surface area (Å²) in [6.07, 6.45) is 1.73. The van der Waals surface area contributed by atoms with Crippen LogP contribution in [-0.4, -0.2) is 32.3 Å². The smallest absolute Gasteiger partial charge is 0.219 e. The number of hydrogen-bond acceptors (Lipinski definition) is 4. The van der Waals surface area contributed by atoms with Crippen LogP contribution >= 0.6 is 0 Å². The van der Waals surface area contributed by atoms with Crippen LogP contribution in [0.1, 0.15) is 0 Å². The maximum absolute atomic E-state index is 5.43. The number of morpholine rings is 1. The molecule has 0 amide bonds. The second kappa shape index (κ2) is 2.67. The fourth-order valence-corrected chi connectivity index (χ4v) is 1.98. The molecular formula is C9H12N2O2. The molecule has 0 saturated carbocycles. The van der Waals surface area contributed by atoms with Crippen LogP contribution in [0.4, 0.5) is 11.6 Å². The molecule has 0 aromatic carbocycles. The van der Waals surface area contributed by atoms with Crippen LogP contribution in [0.3, 0.4) is 0 Å². The minimum atomic E-state index is 0.437. The van der Waals surface area contributed by atoms with E-state index in [0.717, 1.165) is 37.9 Å². The minimum Gasteiger partial charge on any atom is -0.447 e. The molecule has 1 saturated heterocycles. The van der Waals surface area contributed by atoms with Crippen molar-refractivity contribution in [2.75, 3.05) is 36.5 Å². The van der Waals surface area contributed by atoms with Crippen molar-refractivity contribution in [3.8, 4) is 0 Å². The van der Waals surface area contributed by atoms with Gasteiger partial charge in [0.25, 0.3) is 0 Å². The molecule has 0 aliphatic carbocycles. The largest absolute Gasteiger partial charge is 0.447 e. The van der Waals surface area contributed by atoms with Gasteiger partial charge < -0.3 is 19.4 Å². The number of furan rings is 1. The first-order valence-corrected chi connectivity index (χ1v) is 4.61. The van der Waals surface area contributed by atoms with E-state index in [9.17, 15) is 0 Å². The number of anilines is 2. The third-order valence-electron chi connectivity index (χ3n) is 2.66. The Morgan fingerprint density at radius 2 is 2.54 bits per heavy atom. The van der Waals surface area contributed by atoms with E-state index in [1.54, 1.807) is 6.26 Å². The van der Waals surface area contributed by atoms with E-state index in [2.05, 4.69) is 10.2 Å². The summed E-state index contributed by atoms with van der Waals surface area (Å²) in [6, 6.07) is 2.41. The lowest BCUT2D eigenvalue weighted by molar-refractivity contribution is 0.0940. The number of nitrogens with one attached hydrogen (secondary N) is 1. The van der Waals surface area contributed by atoms with E-state index in [-0.39, 0.29) is 0 Å². The zero-order valence-corrected chi connectivity index (χ0v) is 7.32. The molecule has 1 atom stereocenters. The summed E-state index contributed by atoms with van der Waals surface area (Å²) in [5.41, 5.74) is 1.11. The second-order valence-electron chi connectivity index (χ2n) is 3.44. The van der Waals surface area contributed by atoms with Gasteiger partial charge in [-0.15, -0.1) is 0 Å². The first-order valence-electron chi connectivity index (χ1n) is 4.61. The second-order valence-corrected chi connectivity index (χ2v) is 3.44. The van der Waals surface area contributed by atoms with Gasteiger partial charge in [-0.05, 0) is 0 Å². The van der Waals surface area contributed by atoms with Crippen molar-refractivity contribution < 1.29 is 9.15 Å². The van der Waals surface area contributed by atoms with Crippen molar-refractivity contribution in [1.29, 1.82) is 0 Å². The van der Waals surface area contributed by atoms with Crippen molar-refractivity contribution in [3.63, 3.8) is 0 Å². The van der Waals surface area contributed by atoms with E-state index in [4.69, 9.17) is 9.15 Å². The van der Waals surface area contributed by atoms with Gasteiger partial charge in [0.1, 0.15) is 0 Å². The van der Waals surface area contributed by atoms with Crippen LogP contribution in [-0.2, 0) is 4.74 Å². The van der Waals surface area contributed by atoms with Gasteiger partial charge in [0.15, 0.2) is 0 Å². The lowest BCUT2D eigenvalue weighted by Crippen LogP contribution is -2.51. The van der Waals surface area contributed by atoms with Gasteiger partial charge in [0.2, 0.25) is 5.88 Å². The first-order chi connectivity index (χ1) is 6.45. The van der Waals surface area contributed by atoms with Gasteiger partial charge in [-0.25, -0.2) is 0 Å². The molecular weight excluding hydrogens is 168 g/mol. The van der Waals surface area contributed by atoms with Crippen molar-refractivity contribution in [2.24, 2.45) is 0 Å². The Morgan fingerprint density at radius 1 is 1.54 bits per heavy atom. The highest BCUT2D eigenvalue weighted by molar-refractivity contribution is 5.67. The number of fused-ring (bicyclic) bond motifs is 3. The highest BCUT2D eigenvalue weighted by Gasteiger charge is 2.30. The average molecular weight is 180 g/mol. The molecule has 1 N–H and O–H groups in total. The van der Waals surface area contributed by atoms with Crippen molar-refractivity contribution in [1.82, 2.24) is 0 Å². The monoisotopic (exact) mass is 180 g/mol. The summed E-state index contributed by atoms with van der Waals surface area (Å²) >= 11 is 0. The predicted octanol–water partition coefficient (Wildman–Crippen LogP) is 0.910. The van der Waals surface area contributed by atoms with Crippen molar-refractivity contribution >= 4 is 11.6 Å². The minimum absolute atomic E-state index is 0.437. The summed E-state index contributed by atoms with van der Waals surface area (Å²) in [5, 5.41) is 3.33. The van der Waals surface area contributed by atoms with Crippen LogP contribution in [0.25, 0.3) is 0 Å². The Hall–Kier alpha value is -1.16. The topological polar surface area (TPSA) is 37.6 Å². The predicted molar refractivity (Wildman–Crippen MR) is 49.2 cm³/mol. The van der Waals surface area contributed by atoms with E-state index >= 15 is 0 Å². The van der Waals surface area contributed by atoms with Crippen LogP contribution in [0.2, 0.25) is 0 Å². The molecule has 3 heterocycles. The summed E-state index contributed by atoms with van der Waals surface area (Å²) in [6.45, 7) is 3.49. The fraction of sp³-hybridized carbons (Fsp3) is 0.556. The number of rotatable bonds is 0. The molecule has 0 spiro atoms. The molecule has 0 radical (unpaired) electrons. The highest BCUT2D eigenvalue weighted by atomic mass is 16.5. The van der Waals surface area contributed by atoms with Gasteiger partial charge in [0.05, 0.1) is 31.2 Å². The highest BCUT2D eigenvalue weighted by Crippen LogP contribution is 2.33. The van der Waals surface area contributed by atoms with Crippen LogP contribution < -0.4 is 10.2 Å². The lowest BCUT2D eigenvalue weighted by atomic mass is 10.2. The van der Waals surface area contributed by atoms with Gasteiger partial charge in [-0.2, -0.15) is 0 Å². The SMILES string of the molecule is c1cc2c(o1)N1CCOCC1CN2.